The minimum atomic E-state index is -0.0197. The predicted octanol–water partition coefficient (Wildman–Crippen LogP) is 1.16. The smallest absolute Gasteiger partial charge is 0.316 e. The molecule has 0 saturated heterocycles. The van der Waals surface area contributed by atoms with Crippen molar-refractivity contribution in [1.29, 1.82) is 0 Å². The first-order valence-corrected chi connectivity index (χ1v) is 3.49. The topological polar surface area (TPSA) is 32.3 Å². The summed E-state index contributed by atoms with van der Waals surface area (Å²) < 4.78 is 0. The van der Waals surface area contributed by atoms with Crippen molar-refractivity contribution in [3.05, 3.63) is 0 Å². The third kappa shape index (κ3) is 4.18. The number of hydrogen-bond donors (Lipinski definition) is 1. The molecule has 0 aromatic heterocycles. The second-order valence-corrected chi connectivity index (χ2v) is 2.97. The second kappa shape index (κ2) is 4.14. The number of carbonyl (C=O) groups excluding carboxylic acids is 1. The summed E-state index contributed by atoms with van der Waals surface area (Å²) in [5.74, 6) is 0.517. The Kier molecular flexibility index (Phi) is 3.84. The van der Waals surface area contributed by atoms with Crippen molar-refractivity contribution in [3.8, 4) is 0 Å². The van der Waals surface area contributed by atoms with Crippen LogP contribution in [0.15, 0.2) is 0 Å². The molecule has 0 aromatic carbocycles. The predicted molar refractivity (Wildman–Crippen MR) is 44.0 cm³/mol. The normalized spacial score (nSPS) is 9.70. The zero-order valence-corrected chi connectivity index (χ0v) is 7.14. The van der Waals surface area contributed by atoms with Gasteiger partial charge >= 0.3 is 6.03 Å². The Bertz CT molecular complexity index is 115. The van der Waals surface area contributed by atoms with E-state index in [0.29, 0.717) is 5.92 Å². The summed E-state index contributed by atoms with van der Waals surface area (Å²) in [4.78, 5) is 12.4. The lowest BCUT2D eigenvalue weighted by atomic mass is 10.2. The van der Waals surface area contributed by atoms with E-state index >= 15 is 0 Å². The molecule has 0 aliphatic heterocycles. The summed E-state index contributed by atoms with van der Waals surface area (Å²) in [5.41, 5.74) is 0. The van der Waals surface area contributed by atoms with Crippen molar-refractivity contribution in [1.82, 2.24) is 10.2 Å². The molecule has 3 heteroatoms. The number of nitrogens with one attached hydrogen (secondary N) is 1. The van der Waals surface area contributed by atoms with Crippen molar-refractivity contribution >= 4 is 6.03 Å². The molecule has 0 unspecified atom stereocenters. The van der Waals surface area contributed by atoms with E-state index in [1.54, 1.807) is 14.1 Å². The fourth-order valence-electron chi connectivity index (χ4n) is 0.450. The van der Waals surface area contributed by atoms with Gasteiger partial charge in [-0.1, -0.05) is 13.8 Å². The van der Waals surface area contributed by atoms with Gasteiger partial charge in [-0.2, -0.15) is 0 Å². The molecule has 0 aliphatic rings. The molecular weight excluding hydrogens is 128 g/mol. The Morgan fingerprint density at radius 1 is 1.60 bits per heavy atom. The molecule has 2 amide bonds. The molecule has 0 saturated carbocycles. The molecule has 62 valence electrons. The zero-order valence-electron chi connectivity index (χ0n) is 7.14. The van der Waals surface area contributed by atoms with Gasteiger partial charge in [-0.25, -0.2) is 4.79 Å². The van der Waals surface area contributed by atoms with E-state index in [9.17, 15) is 4.79 Å². The van der Waals surface area contributed by atoms with E-state index in [2.05, 4.69) is 19.2 Å². The number of amides is 2. The number of carbonyl (C=O) groups is 1. The Morgan fingerprint density at radius 3 is 2.40 bits per heavy atom. The molecule has 0 atom stereocenters. The lowest BCUT2D eigenvalue weighted by molar-refractivity contribution is 0.216. The van der Waals surface area contributed by atoms with Crippen LogP contribution in [-0.4, -0.2) is 31.6 Å². The molecule has 0 spiro atoms. The zero-order chi connectivity index (χ0) is 8.15. The van der Waals surface area contributed by atoms with Gasteiger partial charge in [-0.05, 0) is 5.92 Å². The van der Waals surface area contributed by atoms with Crippen LogP contribution in [0.25, 0.3) is 0 Å². The van der Waals surface area contributed by atoms with Crippen molar-refractivity contribution in [2.24, 2.45) is 5.92 Å². The minimum Gasteiger partial charge on any atom is -0.338 e. The first kappa shape index (κ1) is 9.27. The maximum atomic E-state index is 10.9. The highest BCUT2D eigenvalue weighted by atomic mass is 16.2. The Balaban J connectivity index is 0. The first-order chi connectivity index (χ1) is 4.54. The van der Waals surface area contributed by atoms with E-state index in [-0.39, 0.29) is 7.46 Å². The van der Waals surface area contributed by atoms with Gasteiger partial charge in [-0.3, -0.25) is 0 Å². The van der Waals surface area contributed by atoms with Crippen LogP contribution in [0.3, 0.4) is 0 Å². The summed E-state index contributed by atoms with van der Waals surface area (Å²) in [6.07, 6.45) is 0. The van der Waals surface area contributed by atoms with Gasteiger partial charge in [0, 0.05) is 22.1 Å². The quantitative estimate of drug-likeness (QED) is 0.623. The fraction of sp³-hybridized carbons (Fsp3) is 0.857. The van der Waals surface area contributed by atoms with Gasteiger partial charge < -0.3 is 10.2 Å². The molecule has 0 bridgehead atoms. The van der Waals surface area contributed by atoms with E-state index in [1.165, 1.54) is 4.90 Å². The third-order valence-corrected chi connectivity index (χ3v) is 1.07. The number of urea groups is 1. The maximum absolute atomic E-state index is 10.9. The van der Waals surface area contributed by atoms with Gasteiger partial charge in [0.05, 0.1) is 0 Å². The molecule has 10 heavy (non-hydrogen) atoms. The van der Waals surface area contributed by atoms with Crippen molar-refractivity contribution in [3.63, 3.8) is 0 Å². The second-order valence-electron chi connectivity index (χ2n) is 2.97. The average Bonchev–Trinajstić information content (AvgIpc) is 1.82. The van der Waals surface area contributed by atoms with Crippen LogP contribution in [-0.2, 0) is 0 Å². The van der Waals surface area contributed by atoms with Crippen LogP contribution in [0.2, 0.25) is 0 Å². The lowest BCUT2D eigenvalue weighted by Gasteiger charge is -2.12. The standard InChI is InChI=1S/C7H16N2O.H2/c1-6(2)5-8-7(10)9(3)4;/h6H,5H2,1-4H3,(H,8,10);1H. The van der Waals surface area contributed by atoms with E-state index < -0.39 is 0 Å². The Hall–Kier alpha value is -0.730. The van der Waals surface area contributed by atoms with Gasteiger partial charge in [0.1, 0.15) is 0 Å². The molecular formula is C7H18N2O. The Labute approximate surface area is 63.9 Å². The fourth-order valence-corrected chi connectivity index (χ4v) is 0.450. The van der Waals surface area contributed by atoms with Crippen molar-refractivity contribution in [2.75, 3.05) is 20.6 Å². The molecule has 1 N–H and O–H groups in total. The van der Waals surface area contributed by atoms with E-state index in [4.69, 9.17) is 0 Å². The average molecular weight is 146 g/mol. The number of hydrogen-bond acceptors (Lipinski definition) is 1. The maximum Gasteiger partial charge on any atom is 0.316 e. The number of rotatable bonds is 2. The molecule has 0 rings (SSSR count). The minimum absolute atomic E-state index is 0. The Morgan fingerprint density at radius 2 is 2.10 bits per heavy atom. The molecule has 3 nitrogen and oxygen atoms in total. The molecule has 0 radical (unpaired) electrons. The molecule has 0 fully saturated rings. The molecule has 0 heterocycles. The number of nitrogens with zero attached hydrogens (tertiary/aromatic N) is 1. The highest BCUT2D eigenvalue weighted by Gasteiger charge is 2.01. The molecule has 0 aliphatic carbocycles. The summed E-state index contributed by atoms with van der Waals surface area (Å²) in [6, 6.07) is -0.0197. The van der Waals surface area contributed by atoms with E-state index in [1.807, 2.05) is 0 Å². The molecule has 0 aromatic rings. The van der Waals surface area contributed by atoms with Crippen LogP contribution in [0, 0.1) is 5.92 Å². The van der Waals surface area contributed by atoms with Crippen LogP contribution < -0.4 is 5.32 Å². The summed E-state index contributed by atoms with van der Waals surface area (Å²) in [5, 5.41) is 2.77. The van der Waals surface area contributed by atoms with Crippen LogP contribution >= 0.6 is 0 Å². The van der Waals surface area contributed by atoms with Gasteiger partial charge in [0.2, 0.25) is 0 Å². The summed E-state index contributed by atoms with van der Waals surface area (Å²) in [6.45, 7) is 4.88. The van der Waals surface area contributed by atoms with Crippen molar-refractivity contribution in [2.45, 2.75) is 13.8 Å². The van der Waals surface area contributed by atoms with Crippen LogP contribution in [0.5, 0.6) is 0 Å². The summed E-state index contributed by atoms with van der Waals surface area (Å²) in [7, 11) is 3.46. The third-order valence-electron chi connectivity index (χ3n) is 1.07. The van der Waals surface area contributed by atoms with Gasteiger partial charge in [0.25, 0.3) is 0 Å². The SMILES string of the molecule is CC(C)CNC(=O)N(C)C.[HH]. The highest BCUT2D eigenvalue weighted by Crippen LogP contribution is 1.87. The van der Waals surface area contributed by atoms with Crippen molar-refractivity contribution < 1.29 is 6.22 Å². The van der Waals surface area contributed by atoms with Gasteiger partial charge in [-0.15, -0.1) is 0 Å². The van der Waals surface area contributed by atoms with E-state index in [0.717, 1.165) is 6.54 Å². The van der Waals surface area contributed by atoms with Gasteiger partial charge in [0.15, 0.2) is 0 Å². The monoisotopic (exact) mass is 146 g/mol. The first-order valence-electron chi connectivity index (χ1n) is 3.49. The lowest BCUT2D eigenvalue weighted by Crippen LogP contribution is -2.36. The largest absolute Gasteiger partial charge is 0.338 e. The van der Waals surface area contributed by atoms with Crippen LogP contribution in [0.4, 0.5) is 4.79 Å². The highest BCUT2D eigenvalue weighted by molar-refractivity contribution is 5.73. The summed E-state index contributed by atoms with van der Waals surface area (Å²) >= 11 is 0. The van der Waals surface area contributed by atoms with Crippen LogP contribution in [0.1, 0.15) is 15.3 Å².